The molecule has 0 aliphatic heterocycles. The van der Waals surface area contributed by atoms with Gasteiger partial charge in [-0.2, -0.15) is 0 Å². The summed E-state index contributed by atoms with van der Waals surface area (Å²) in [5.74, 6) is 1.00. The Morgan fingerprint density at radius 1 is 1.30 bits per heavy atom. The van der Waals surface area contributed by atoms with Crippen LogP contribution in [-0.4, -0.2) is 33.2 Å². The summed E-state index contributed by atoms with van der Waals surface area (Å²) in [5, 5.41) is 3.32. The van der Waals surface area contributed by atoms with Crippen molar-refractivity contribution < 1.29 is 13.2 Å². The van der Waals surface area contributed by atoms with Gasteiger partial charge in [0.05, 0.1) is 17.0 Å². The third-order valence-electron chi connectivity index (χ3n) is 4.89. The summed E-state index contributed by atoms with van der Waals surface area (Å²) in [6.07, 6.45) is 5.70. The second kappa shape index (κ2) is 6.32. The number of amides is 1. The van der Waals surface area contributed by atoms with Gasteiger partial charge in [0.15, 0.2) is 0 Å². The first-order valence-electron chi connectivity index (χ1n) is 7.86. The third-order valence-corrected chi connectivity index (χ3v) is 6.34. The zero-order chi connectivity index (χ0) is 16.6. The Balaban J connectivity index is 1.72. The molecule has 3 unspecified atom stereocenters. The quantitative estimate of drug-likeness (QED) is 0.881. The number of para-hydroxylation sites is 1. The predicted octanol–water partition coefficient (Wildman–Crippen LogP) is 2.41. The maximum absolute atomic E-state index is 12.4. The number of rotatable bonds is 5. The Hall–Kier alpha value is -1.27. The van der Waals surface area contributed by atoms with Crippen molar-refractivity contribution >= 4 is 33.2 Å². The normalized spacial score (nSPS) is 26.3. The Morgan fingerprint density at radius 3 is 2.61 bits per heavy atom. The van der Waals surface area contributed by atoms with Crippen LogP contribution in [0.25, 0.3) is 0 Å². The van der Waals surface area contributed by atoms with Crippen LogP contribution in [0.1, 0.15) is 25.7 Å². The van der Waals surface area contributed by atoms with Gasteiger partial charge in [-0.25, -0.2) is 8.42 Å². The highest BCUT2D eigenvalue weighted by molar-refractivity contribution is 7.92. The van der Waals surface area contributed by atoms with E-state index in [2.05, 4.69) is 5.32 Å². The summed E-state index contributed by atoms with van der Waals surface area (Å²) in [5.41, 5.74) is 0.333. The first-order chi connectivity index (χ1) is 10.8. The van der Waals surface area contributed by atoms with Gasteiger partial charge >= 0.3 is 0 Å². The number of hydrogen-bond acceptors (Lipinski definition) is 3. The van der Waals surface area contributed by atoms with Gasteiger partial charge in [-0.3, -0.25) is 9.10 Å². The maximum Gasteiger partial charge on any atom is 0.241 e. The topological polar surface area (TPSA) is 66.5 Å². The molecule has 3 rings (SSSR count). The third kappa shape index (κ3) is 3.63. The fourth-order valence-electron chi connectivity index (χ4n) is 3.84. The lowest BCUT2D eigenvalue weighted by molar-refractivity contribution is -0.120. The molecule has 2 bridgehead atoms. The second-order valence-electron chi connectivity index (χ2n) is 6.57. The lowest BCUT2D eigenvalue weighted by Gasteiger charge is -2.26. The number of sulfonamides is 1. The van der Waals surface area contributed by atoms with Crippen LogP contribution in [0, 0.1) is 11.8 Å². The zero-order valence-electron chi connectivity index (χ0n) is 13.0. The minimum Gasteiger partial charge on any atom is -0.352 e. The minimum atomic E-state index is -3.59. The average Bonchev–Trinajstić information content (AvgIpc) is 3.07. The summed E-state index contributed by atoms with van der Waals surface area (Å²) >= 11 is 6.09. The van der Waals surface area contributed by atoms with Crippen molar-refractivity contribution in [3.63, 3.8) is 0 Å². The Kier molecular flexibility index (Phi) is 4.56. The molecule has 3 atom stereocenters. The number of hydrogen-bond donors (Lipinski definition) is 1. The van der Waals surface area contributed by atoms with Gasteiger partial charge in [0.2, 0.25) is 15.9 Å². The molecule has 2 fully saturated rings. The number of nitrogens with zero attached hydrogens (tertiary/aromatic N) is 1. The minimum absolute atomic E-state index is 0.189. The van der Waals surface area contributed by atoms with Crippen LogP contribution >= 0.6 is 11.6 Å². The number of fused-ring (bicyclic) bond motifs is 2. The first-order valence-corrected chi connectivity index (χ1v) is 10.1. The Bertz CT molecular complexity index is 707. The van der Waals surface area contributed by atoms with Gasteiger partial charge in [0, 0.05) is 6.04 Å². The van der Waals surface area contributed by atoms with Crippen LogP contribution in [0.5, 0.6) is 0 Å². The fourth-order valence-corrected chi connectivity index (χ4v) is 5.00. The highest BCUT2D eigenvalue weighted by Gasteiger charge is 2.40. The van der Waals surface area contributed by atoms with Crippen molar-refractivity contribution in [2.75, 3.05) is 17.1 Å². The van der Waals surface area contributed by atoms with Crippen LogP contribution in [0.2, 0.25) is 5.02 Å². The molecule has 0 spiro atoms. The molecule has 1 aromatic carbocycles. The molecular weight excluding hydrogens is 336 g/mol. The maximum atomic E-state index is 12.4. The van der Waals surface area contributed by atoms with Gasteiger partial charge in [-0.1, -0.05) is 30.2 Å². The SMILES string of the molecule is CS(=O)(=O)N(CC(=O)NC1CC2CCC1C2)c1ccccc1Cl. The summed E-state index contributed by atoms with van der Waals surface area (Å²) in [7, 11) is -3.59. The molecule has 0 aromatic heterocycles. The molecule has 2 saturated carbocycles. The predicted molar refractivity (Wildman–Crippen MR) is 91.0 cm³/mol. The first kappa shape index (κ1) is 16.6. The largest absolute Gasteiger partial charge is 0.352 e. The van der Waals surface area contributed by atoms with Crippen LogP contribution in [0.15, 0.2) is 24.3 Å². The summed E-state index contributed by atoms with van der Waals surface area (Å²) in [4.78, 5) is 12.4. The molecule has 2 aliphatic carbocycles. The molecule has 0 heterocycles. The summed E-state index contributed by atoms with van der Waals surface area (Å²) < 4.78 is 25.2. The van der Waals surface area contributed by atoms with Crippen LogP contribution in [0.3, 0.4) is 0 Å². The highest BCUT2D eigenvalue weighted by Crippen LogP contribution is 2.44. The van der Waals surface area contributed by atoms with E-state index in [4.69, 9.17) is 11.6 Å². The van der Waals surface area contributed by atoms with Crippen molar-refractivity contribution in [2.45, 2.75) is 31.7 Å². The number of anilines is 1. The molecule has 2 aliphatic rings. The molecule has 1 amide bonds. The lowest BCUT2D eigenvalue weighted by Crippen LogP contribution is -2.45. The van der Waals surface area contributed by atoms with E-state index in [1.807, 2.05) is 0 Å². The van der Waals surface area contributed by atoms with E-state index in [-0.39, 0.29) is 18.5 Å². The lowest BCUT2D eigenvalue weighted by atomic mass is 9.95. The number of nitrogens with one attached hydrogen (secondary N) is 1. The fraction of sp³-hybridized carbons (Fsp3) is 0.562. The van der Waals surface area contributed by atoms with E-state index in [0.29, 0.717) is 16.6 Å². The Morgan fingerprint density at radius 2 is 2.04 bits per heavy atom. The van der Waals surface area contributed by atoms with Crippen LogP contribution in [-0.2, 0) is 14.8 Å². The molecule has 1 N–H and O–H groups in total. The van der Waals surface area contributed by atoms with Gasteiger partial charge in [0.25, 0.3) is 0 Å². The van der Waals surface area contributed by atoms with E-state index in [1.165, 1.54) is 12.8 Å². The number of benzene rings is 1. The molecule has 126 valence electrons. The highest BCUT2D eigenvalue weighted by atomic mass is 35.5. The van der Waals surface area contributed by atoms with Crippen molar-refractivity contribution in [1.82, 2.24) is 5.32 Å². The average molecular weight is 357 g/mol. The van der Waals surface area contributed by atoms with Crippen molar-refractivity contribution in [3.05, 3.63) is 29.3 Å². The van der Waals surface area contributed by atoms with E-state index in [9.17, 15) is 13.2 Å². The molecular formula is C16H21ClN2O3S. The summed E-state index contributed by atoms with van der Waals surface area (Å²) in [6, 6.07) is 6.83. The monoisotopic (exact) mass is 356 g/mol. The molecule has 0 radical (unpaired) electrons. The molecule has 1 aromatic rings. The van der Waals surface area contributed by atoms with E-state index in [0.717, 1.165) is 29.3 Å². The molecule has 5 nitrogen and oxygen atoms in total. The van der Waals surface area contributed by atoms with Crippen molar-refractivity contribution in [1.29, 1.82) is 0 Å². The van der Waals surface area contributed by atoms with Crippen LogP contribution < -0.4 is 9.62 Å². The van der Waals surface area contributed by atoms with Crippen molar-refractivity contribution in [2.24, 2.45) is 11.8 Å². The van der Waals surface area contributed by atoms with Gasteiger partial charge in [-0.05, 0) is 43.2 Å². The number of carbonyl (C=O) groups excluding carboxylic acids is 1. The van der Waals surface area contributed by atoms with Gasteiger partial charge in [0.1, 0.15) is 6.54 Å². The second-order valence-corrected chi connectivity index (χ2v) is 8.88. The standard InChI is InChI=1S/C16H21ClN2O3S/c1-23(21,22)19(15-5-3-2-4-13(15)17)10-16(20)18-14-9-11-6-7-12(14)8-11/h2-5,11-12,14H,6-10H2,1H3,(H,18,20). The summed E-state index contributed by atoms with van der Waals surface area (Å²) in [6.45, 7) is -0.240. The van der Waals surface area contributed by atoms with Gasteiger partial charge < -0.3 is 5.32 Å². The van der Waals surface area contributed by atoms with Gasteiger partial charge in [-0.15, -0.1) is 0 Å². The van der Waals surface area contributed by atoms with E-state index in [1.54, 1.807) is 24.3 Å². The van der Waals surface area contributed by atoms with E-state index >= 15 is 0 Å². The molecule has 23 heavy (non-hydrogen) atoms. The Labute approximate surface area is 142 Å². The van der Waals surface area contributed by atoms with Crippen LogP contribution in [0.4, 0.5) is 5.69 Å². The number of halogens is 1. The zero-order valence-corrected chi connectivity index (χ0v) is 14.6. The molecule has 0 saturated heterocycles. The smallest absolute Gasteiger partial charge is 0.241 e. The van der Waals surface area contributed by atoms with Crippen molar-refractivity contribution in [3.8, 4) is 0 Å². The van der Waals surface area contributed by atoms with E-state index < -0.39 is 10.0 Å². The number of carbonyl (C=O) groups is 1. The molecule has 7 heteroatoms.